The molecule has 0 bridgehead atoms. The van der Waals surface area contributed by atoms with Crippen LogP contribution >= 0.6 is 15.9 Å². The first-order valence-corrected chi connectivity index (χ1v) is 7.06. The number of hydrogen-bond acceptors (Lipinski definition) is 3. The van der Waals surface area contributed by atoms with Crippen LogP contribution in [0, 0.1) is 0 Å². The van der Waals surface area contributed by atoms with Gasteiger partial charge in [0.25, 0.3) is 0 Å². The van der Waals surface area contributed by atoms with Crippen LogP contribution in [0.2, 0.25) is 0 Å². The average Bonchev–Trinajstić information content (AvgIpc) is 2.52. The van der Waals surface area contributed by atoms with E-state index in [2.05, 4.69) is 20.7 Å². The zero-order valence-electron chi connectivity index (χ0n) is 11.4. The second-order valence-electron chi connectivity index (χ2n) is 4.29. The third-order valence-corrected chi connectivity index (χ3v) is 3.37. The number of ketones is 1. The highest BCUT2D eigenvalue weighted by Gasteiger charge is 2.14. The molecule has 0 radical (unpaired) electrons. The first-order valence-electron chi connectivity index (χ1n) is 6.27. The summed E-state index contributed by atoms with van der Waals surface area (Å²) < 4.78 is 5.62. The van der Waals surface area contributed by atoms with E-state index in [4.69, 9.17) is 0 Å². The van der Waals surface area contributed by atoms with Crippen molar-refractivity contribution in [1.82, 2.24) is 0 Å². The summed E-state index contributed by atoms with van der Waals surface area (Å²) in [6.45, 7) is 0. The van der Waals surface area contributed by atoms with E-state index < -0.39 is 5.97 Å². The van der Waals surface area contributed by atoms with Crippen molar-refractivity contribution >= 4 is 33.8 Å². The molecule has 0 atom stereocenters. The number of carbonyl (C=O) groups excluding carboxylic acids is 2. The zero-order chi connectivity index (χ0) is 15.2. The molecule has 0 aliphatic rings. The molecule has 0 heterocycles. The van der Waals surface area contributed by atoms with Crippen LogP contribution in [0.3, 0.4) is 0 Å². The molecule has 0 saturated carbocycles. The number of carbonyl (C=O) groups is 2. The zero-order valence-corrected chi connectivity index (χ0v) is 13.0. The second kappa shape index (κ2) is 6.99. The molecule has 0 spiro atoms. The number of methoxy groups -OCH3 is 1. The maximum atomic E-state index is 12.2. The van der Waals surface area contributed by atoms with Gasteiger partial charge in [0.05, 0.1) is 12.7 Å². The molecule has 0 N–H and O–H groups in total. The van der Waals surface area contributed by atoms with Crippen LogP contribution in [0.25, 0.3) is 6.08 Å². The predicted octanol–water partition coefficient (Wildman–Crippen LogP) is 4.13. The summed E-state index contributed by atoms with van der Waals surface area (Å²) in [5, 5.41) is 0. The minimum Gasteiger partial charge on any atom is -0.465 e. The Hall–Kier alpha value is -2.20. The smallest absolute Gasteiger partial charge is 0.338 e. The Labute approximate surface area is 131 Å². The first kappa shape index (κ1) is 15.2. The van der Waals surface area contributed by atoms with Gasteiger partial charge in [-0.1, -0.05) is 52.3 Å². The Bertz CT molecular complexity index is 705. The number of allylic oxidation sites excluding steroid dienone is 1. The Kier molecular flexibility index (Phi) is 5.06. The van der Waals surface area contributed by atoms with Crippen LogP contribution in [0.1, 0.15) is 26.3 Å². The van der Waals surface area contributed by atoms with Crippen molar-refractivity contribution in [3.05, 3.63) is 75.8 Å². The Morgan fingerprint density at radius 3 is 2.43 bits per heavy atom. The minimum absolute atomic E-state index is 0.240. The van der Waals surface area contributed by atoms with Crippen molar-refractivity contribution in [2.45, 2.75) is 0 Å². The third-order valence-electron chi connectivity index (χ3n) is 2.87. The van der Waals surface area contributed by atoms with Crippen LogP contribution in [0.5, 0.6) is 0 Å². The summed E-state index contributed by atoms with van der Waals surface area (Å²) in [4.78, 5) is 23.9. The topological polar surface area (TPSA) is 43.4 Å². The normalized spacial score (nSPS) is 10.6. The van der Waals surface area contributed by atoms with Crippen LogP contribution in [0.15, 0.2) is 59.1 Å². The van der Waals surface area contributed by atoms with Crippen molar-refractivity contribution < 1.29 is 14.3 Å². The van der Waals surface area contributed by atoms with Gasteiger partial charge >= 0.3 is 5.97 Å². The van der Waals surface area contributed by atoms with Gasteiger partial charge in [-0.25, -0.2) is 4.79 Å². The minimum atomic E-state index is -0.519. The Morgan fingerprint density at radius 2 is 1.76 bits per heavy atom. The van der Waals surface area contributed by atoms with Crippen molar-refractivity contribution in [2.24, 2.45) is 0 Å². The molecule has 4 heteroatoms. The maximum absolute atomic E-state index is 12.2. The molecule has 2 aromatic carbocycles. The predicted molar refractivity (Wildman–Crippen MR) is 85.3 cm³/mol. The molecular formula is C17H13BrO3. The molecule has 2 aromatic rings. The van der Waals surface area contributed by atoms with Gasteiger partial charge in [0, 0.05) is 10.0 Å². The van der Waals surface area contributed by atoms with E-state index in [1.54, 1.807) is 30.3 Å². The third kappa shape index (κ3) is 3.89. The van der Waals surface area contributed by atoms with Crippen LogP contribution in [-0.4, -0.2) is 18.9 Å². The van der Waals surface area contributed by atoms with E-state index in [0.717, 1.165) is 10.0 Å². The van der Waals surface area contributed by atoms with Gasteiger partial charge in [-0.05, 0) is 29.8 Å². The lowest BCUT2D eigenvalue weighted by Gasteiger charge is -2.04. The van der Waals surface area contributed by atoms with Gasteiger partial charge in [0.15, 0.2) is 5.78 Å². The summed E-state index contributed by atoms with van der Waals surface area (Å²) in [5.74, 6) is -0.759. The van der Waals surface area contributed by atoms with Crippen molar-refractivity contribution in [3.8, 4) is 0 Å². The van der Waals surface area contributed by atoms with E-state index >= 15 is 0 Å². The lowest BCUT2D eigenvalue weighted by atomic mass is 10.0. The van der Waals surface area contributed by atoms with Crippen LogP contribution in [-0.2, 0) is 4.74 Å². The molecule has 0 amide bonds. The Balaban J connectivity index is 2.27. The number of ether oxygens (including phenoxy) is 1. The number of hydrogen-bond donors (Lipinski definition) is 0. The maximum Gasteiger partial charge on any atom is 0.338 e. The summed E-state index contributed by atoms with van der Waals surface area (Å²) in [5.41, 5.74) is 1.49. The van der Waals surface area contributed by atoms with Gasteiger partial charge in [0.2, 0.25) is 0 Å². The van der Waals surface area contributed by atoms with Gasteiger partial charge in [-0.3, -0.25) is 4.79 Å². The second-order valence-corrected chi connectivity index (χ2v) is 5.21. The van der Waals surface area contributed by atoms with Gasteiger partial charge in [-0.2, -0.15) is 0 Å². The Morgan fingerprint density at radius 1 is 1.05 bits per heavy atom. The van der Waals surface area contributed by atoms with E-state index in [0.29, 0.717) is 5.56 Å². The molecule has 0 fully saturated rings. The summed E-state index contributed by atoms with van der Waals surface area (Å²) >= 11 is 3.37. The molecule has 0 saturated heterocycles. The largest absolute Gasteiger partial charge is 0.465 e. The molecule has 0 aliphatic heterocycles. The van der Waals surface area contributed by atoms with E-state index in [1.165, 1.54) is 13.2 Å². The lowest BCUT2D eigenvalue weighted by molar-refractivity contribution is 0.0597. The van der Waals surface area contributed by atoms with Crippen LogP contribution < -0.4 is 0 Å². The molecule has 0 aromatic heterocycles. The molecule has 0 aliphatic carbocycles. The van der Waals surface area contributed by atoms with Crippen molar-refractivity contribution in [3.63, 3.8) is 0 Å². The fraction of sp³-hybridized carbons (Fsp3) is 0.0588. The molecule has 21 heavy (non-hydrogen) atoms. The van der Waals surface area contributed by atoms with Gasteiger partial charge in [-0.15, -0.1) is 0 Å². The first-order chi connectivity index (χ1) is 10.1. The monoisotopic (exact) mass is 344 g/mol. The van der Waals surface area contributed by atoms with Crippen molar-refractivity contribution in [1.29, 1.82) is 0 Å². The quantitative estimate of drug-likeness (QED) is 0.475. The summed E-state index contributed by atoms with van der Waals surface area (Å²) in [6, 6.07) is 14.2. The van der Waals surface area contributed by atoms with Crippen LogP contribution in [0.4, 0.5) is 0 Å². The average molecular weight is 345 g/mol. The SMILES string of the molecule is COC(=O)c1ccccc1C(=O)/C=C/c1cccc(Br)c1. The van der Waals surface area contributed by atoms with Gasteiger partial charge in [0.1, 0.15) is 0 Å². The van der Waals surface area contributed by atoms with E-state index in [1.807, 2.05) is 24.3 Å². The molecule has 2 rings (SSSR count). The highest BCUT2D eigenvalue weighted by molar-refractivity contribution is 9.10. The molecular weight excluding hydrogens is 332 g/mol. The standard InChI is InChI=1S/C17H13BrO3/c1-21-17(20)15-8-3-2-7-14(15)16(19)10-9-12-5-4-6-13(18)11-12/h2-11H,1H3/b10-9+. The lowest BCUT2D eigenvalue weighted by Crippen LogP contribution is -2.08. The van der Waals surface area contributed by atoms with Gasteiger partial charge < -0.3 is 4.74 Å². The highest BCUT2D eigenvalue weighted by atomic mass is 79.9. The fourth-order valence-electron chi connectivity index (χ4n) is 1.86. The van der Waals surface area contributed by atoms with E-state index in [9.17, 15) is 9.59 Å². The number of rotatable bonds is 4. The fourth-order valence-corrected chi connectivity index (χ4v) is 2.27. The summed E-state index contributed by atoms with van der Waals surface area (Å²) in [7, 11) is 1.29. The molecule has 106 valence electrons. The number of halogens is 1. The molecule has 0 unspecified atom stereocenters. The number of esters is 1. The van der Waals surface area contributed by atoms with Crippen molar-refractivity contribution in [2.75, 3.05) is 7.11 Å². The highest BCUT2D eigenvalue weighted by Crippen LogP contribution is 2.15. The summed E-state index contributed by atoms with van der Waals surface area (Å²) in [6.07, 6.45) is 3.16. The number of benzene rings is 2. The van der Waals surface area contributed by atoms with E-state index in [-0.39, 0.29) is 11.3 Å². The molecule has 3 nitrogen and oxygen atoms in total.